The highest BCUT2D eigenvalue weighted by atomic mass is 16.6. The first-order valence-electron chi connectivity index (χ1n) is 9.31. The lowest BCUT2D eigenvalue weighted by Crippen LogP contribution is -2.44. The molecular weight excluding hydrogens is 316 g/mol. The summed E-state index contributed by atoms with van der Waals surface area (Å²) in [5.41, 5.74) is 3.61. The summed E-state index contributed by atoms with van der Waals surface area (Å²) in [6.07, 6.45) is 1.74. The van der Waals surface area contributed by atoms with Crippen LogP contribution in [0, 0.1) is 0 Å². The van der Waals surface area contributed by atoms with Crippen LogP contribution >= 0.6 is 0 Å². The number of rotatable bonds is 4. The minimum absolute atomic E-state index is 0.0106. The second kappa shape index (κ2) is 6.77. The van der Waals surface area contributed by atoms with E-state index in [1.54, 1.807) is 0 Å². The number of nitrogens with zero attached hydrogens (tertiary/aromatic N) is 1. The SMILES string of the molecule is CCC1CN(CC(C)NC(=O)OC(C)(C)C)c2c1ccc1c2CCO1. The first-order valence-corrected chi connectivity index (χ1v) is 9.31. The van der Waals surface area contributed by atoms with E-state index < -0.39 is 5.60 Å². The summed E-state index contributed by atoms with van der Waals surface area (Å²) in [6.45, 7) is 12.5. The lowest BCUT2D eigenvalue weighted by molar-refractivity contribution is 0.0510. The zero-order valence-electron chi connectivity index (χ0n) is 16.0. The number of nitrogens with one attached hydrogen (secondary N) is 1. The zero-order valence-corrected chi connectivity index (χ0v) is 16.0. The zero-order chi connectivity index (χ0) is 18.2. The second-order valence-electron chi connectivity index (χ2n) is 8.14. The number of hydrogen-bond acceptors (Lipinski definition) is 4. The molecule has 2 aliphatic rings. The molecule has 0 aromatic heterocycles. The Balaban J connectivity index is 1.72. The number of carbonyl (C=O) groups excluding carboxylic acids is 1. The van der Waals surface area contributed by atoms with E-state index in [-0.39, 0.29) is 12.1 Å². The fourth-order valence-electron chi connectivity index (χ4n) is 3.83. The monoisotopic (exact) mass is 346 g/mol. The van der Waals surface area contributed by atoms with Gasteiger partial charge in [0.2, 0.25) is 0 Å². The topological polar surface area (TPSA) is 50.8 Å². The molecule has 1 aromatic rings. The van der Waals surface area contributed by atoms with E-state index in [9.17, 15) is 4.79 Å². The van der Waals surface area contributed by atoms with Crippen molar-refractivity contribution in [1.29, 1.82) is 0 Å². The molecule has 0 saturated carbocycles. The lowest BCUT2D eigenvalue weighted by Gasteiger charge is -2.27. The van der Waals surface area contributed by atoms with Gasteiger partial charge >= 0.3 is 6.09 Å². The molecule has 138 valence electrons. The molecule has 1 amide bonds. The molecule has 2 aliphatic heterocycles. The first kappa shape index (κ1) is 17.9. The lowest BCUT2D eigenvalue weighted by atomic mass is 9.96. The number of amides is 1. The molecule has 0 aliphatic carbocycles. The van der Waals surface area contributed by atoms with Crippen LogP contribution in [0.1, 0.15) is 58.1 Å². The average molecular weight is 346 g/mol. The van der Waals surface area contributed by atoms with Gasteiger partial charge in [-0.2, -0.15) is 0 Å². The van der Waals surface area contributed by atoms with Crippen LogP contribution in [0.5, 0.6) is 5.75 Å². The van der Waals surface area contributed by atoms with Crippen molar-refractivity contribution in [3.63, 3.8) is 0 Å². The van der Waals surface area contributed by atoms with E-state index in [4.69, 9.17) is 9.47 Å². The van der Waals surface area contributed by atoms with Crippen LogP contribution in [-0.2, 0) is 11.2 Å². The van der Waals surface area contributed by atoms with Gasteiger partial charge in [-0.05, 0) is 45.7 Å². The average Bonchev–Trinajstić information content (AvgIpc) is 3.08. The van der Waals surface area contributed by atoms with Gasteiger partial charge in [-0.3, -0.25) is 0 Å². The smallest absolute Gasteiger partial charge is 0.407 e. The van der Waals surface area contributed by atoms with Gasteiger partial charge in [-0.15, -0.1) is 0 Å². The summed E-state index contributed by atoms with van der Waals surface area (Å²) < 4.78 is 11.1. The van der Waals surface area contributed by atoms with Gasteiger partial charge in [0.15, 0.2) is 0 Å². The number of carbonyl (C=O) groups is 1. The molecule has 2 heterocycles. The molecule has 5 heteroatoms. The summed E-state index contributed by atoms with van der Waals surface area (Å²) in [5, 5.41) is 2.96. The van der Waals surface area contributed by atoms with Crippen molar-refractivity contribution < 1.29 is 14.3 Å². The molecule has 0 radical (unpaired) electrons. The Hall–Kier alpha value is -1.91. The summed E-state index contributed by atoms with van der Waals surface area (Å²) in [5.74, 6) is 1.57. The predicted molar refractivity (Wildman–Crippen MR) is 99.7 cm³/mol. The number of fused-ring (bicyclic) bond motifs is 3. The Labute approximate surface area is 150 Å². The van der Waals surface area contributed by atoms with E-state index in [1.165, 1.54) is 16.8 Å². The van der Waals surface area contributed by atoms with Crippen molar-refractivity contribution in [3.8, 4) is 5.75 Å². The summed E-state index contributed by atoms with van der Waals surface area (Å²) >= 11 is 0. The van der Waals surface area contributed by atoms with E-state index in [0.717, 1.165) is 38.3 Å². The molecule has 0 saturated heterocycles. The molecule has 0 fully saturated rings. The molecule has 25 heavy (non-hydrogen) atoms. The molecule has 0 bridgehead atoms. The van der Waals surface area contributed by atoms with Gasteiger partial charge in [0.1, 0.15) is 11.4 Å². The highest BCUT2D eigenvalue weighted by Crippen LogP contribution is 2.45. The Bertz CT molecular complexity index is 651. The highest BCUT2D eigenvalue weighted by Gasteiger charge is 2.33. The Morgan fingerprint density at radius 3 is 2.88 bits per heavy atom. The number of hydrogen-bond donors (Lipinski definition) is 1. The molecule has 5 nitrogen and oxygen atoms in total. The van der Waals surface area contributed by atoms with Crippen molar-refractivity contribution in [2.45, 2.75) is 65.0 Å². The quantitative estimate of drug-likeness (QED) is 0.900. The number of anilines is 1. The van der Waals surface area contributed by atoms with E-state index >= 15 is 0 Å². The van der Waals surface area contributed by atoms with Crippen molar-refractivity contribution in [1.82, 2.24) is 5.32 Å². The van der Waals surface area contributed by atoms with E-state index in [2.05, 4.69) is 29.3 Å². The maximum atomic E-state index is 12.0. The van der Waals surface area contributed by atoms with Crippen molar-refractivity contribution in [2.75, 3.05) is 24.6 Å². The second-order valence-corrected chi connectivity index (χ2v) is 8.14. The van der Waals surface area contributed by atoms with Crippen LogP contribution in [0.4, 0.5) is 10.5 Å². The van der Waals surface area contributed by atoms with E-state index in [0.29, 0.717) is 5.92 Å². The van der Waals surface area contributed by atoms with Crippen LogP contribution in [0.2, 0.25) is 0 Å². The number of benzene rings is 1. The Kier molecular flexibility index (Phi) is 4.85. The van der Waals surface area contributed by atoms with Gasteiger partial charge in [0.05, 0.1) is 6.61 Å². The van der Waals surface area contributed by atoms with E-state index in [1.807, 2.05) is 27.7 Å². The maximum Gasteiger partial charge on any atom is 0.407 e. The van der Waals surface area contributed by atoms with Crippen molar-refractivity contribution in [3.05, 3.63) is 23.3 Å². The van der Waals surface area contributed by atoms with Crippen molar-refractivity contribution in [2.24, 2.45) is 0 Å². The number of ether oxygens (including phenoxy) is 2. The normalized spacial score (nSPS) is 19.9. The third-order valence-electron chi connectivity index (χ3n) is 4.83. The van der Waals surface area contributed by atoms with Gasteiger partial charge in [0, 0.05) is 42.7 Å². The van der Waals surface area contributed by atoms with Crippen molar-refractivity contribution >= 4 is 11.8 Å². The Morgan fingerprint density at radius 2 is 2.20 bits per heavy atom. The fraction of sp³-hybridized carbons (Fsp3) is 0.650. The molecule has 3 rings (SSSR count). The minimum Gasteiger partial charge on any atom is -0.493 e. The first-order chi connectivity index (χ1) is 11.8. The standard InChI is InChI=1S/C20H30N2O3/c1-6-14-12-22(11-13(2)21-19(23)25-20(3,4)5)18-15(14)7-8-17-16(18)9-10-24-17/h7-8,13-14H,6,9-12H2,1-5H3,(H,21,23). The molecular formula is C20H30N2O3. The van der Waals surface area contributed by atoms with Crippen LogP contribution in [-0.4, -0.2) is 37.4 Å². The summed E-state index contributed by atoms with van der Waals surface area (Å²) in [6, 6.07) is 4.35. The van der Waals surface area contributed by atoms with Gasteiger partial charge in [-0.25, -0.2) is 4.79 Å². The van der Waals surface area contributed by atoms with Crippen LogP contribution < -0.4 is 15.0 Å². The third kappa shape index (κ3) is 3.86. The number of alkyl carbamates (subject to hydrolysis) is 1. The molecule has 2 atom stereocenters. The maximum absolute atomic E-state index is 12.0. The molecule has 1 aromatic carbocycles. The molecule has 0 spiro atoms. The predicted octanol–water partition coefficient (Wildman–Crippen LogP) is 3.85. The Morgan fingerprint density at radius 1 is 1.44 bits per heavy atom. The largest absolute Gasteiger partial charge is 0.493 e. The van der Waals surface area contributed by atoms with Crippen LogP contribution in [0.15, 0.2) is 12.1 Å². The third-order valence-corrected chi connectivity index (χ3v) is 4.83. The van der Waals surface area contributed by atoms with Crippen LogP contribution in [0.25, 0.3) is 0 Å². The molecule has 1 N–H and O–H groups in total. The minimum atomic E-state index is -0.477. The molecule has 2 unspecified atom stereocenters. The van der Waals surface area contributed by atoms with Gasteiger partial charge in [-0.1, -0.05) is 13.0 Å². The summed E-state index contributed by atoms with van der Waals surface area (Å²) in [4.78, 5) is 14.4. The highest BCUT2D eigenvalue weighted by molar-refractivity contribution is 5.71. The van der Waals surface area contributed by atoms with Crippen LogP contribution in [0.3, 0.4) is 0 Å². The fourth-order valence-corrected chi connectivity index (χ4v) is 3.83. The van der Waals surface area contributed by atoms with Gasteiger partial charge in [0.25, 0.3) is 0 Å². The summed E-state index contributed by atoms with van der Waals surface area (Å²) in [7, 11) is 0. The van der Waals surface area contributed by atoms with Gasteiger partial charge < -0.3 is 19.7 Å².